The average molecular weight is 336 g/mol. The molecule has 0 aromatic carbocycles. The molecule has 0 fully saturated rings. The molecule has 1 N–H and O–H groups in total. The predicted molar refractivity (Wildman–Crippen MR) is 86.5 cm³/mol. The van der Waals surface area contributed by atoms with Gasteiger partial charge in [0.2, 0.25) is 5.91 Å². The number of ether oxygens (including phenoxy) is 2. The zero-order chi connectivity index (χ0) is 17.9. The van der Waals surface area contributed by atoms with E-state index >= 15 is 0 Å². The van der Waals surface area contributed by atoms with Gasteiger partial charge in [0.05, 0.1) is 5.39 Å². The Kier molecular flexibility index (Phi) is 5.47. The van der Waals surface area contributed by atoms with Crippen molar-refractivity contribution in [3.63, 3.8) is 0 Å². The van der Waals surface area contributed by atoms with Gasteiger partial charge in [-0.2, -0.15) is 0 Å². The molecular weight excluding hydrogens is 316 g/mol. The number of aromatic nitrogens is 3. The van der Waals surface area contributed by atoms with Crippen LogP contribution in [0.15, 0.2) is 15.8 Å². The summed E-state index contributed by atoms with van der Waals surface area (Å²) in [5.74, 6) is -0.185. The zero-order valence-electron chi connectivity index (χ0n) is 14.1. The van der Waals surface area contributed by atoms with Crippen molar-refractivity contribution < 1.29 is 14.3 Å². The van der Waals surface area contributed by atoms with Gasteiger partial charge in [-0.05, 0) is 18.1 Å². The second-order valence-electron chi connectivity index (χ2n) is 5.30. The summed E-state index contributed by atoms with van der Waals surface area (Å²) in [6.07, 6.45) is 1.54. The van der Waals surface area contributed by atoms with Gasteiger partial charge in [0.25, 0.3) is 5.56 Å². The van der Waals surface area contributed by atoms with Gasteiger partial charge in [-0.15, -0.1) is 0 Å². The molecule has 0 bridgehead atoms. The molecule has 0 saturated heterocycles. The van der Waals surface area contributed by atoms with E-state index in [0.717, 1.165) is 4.57 Å². The van der Waals surface area contributed by atoms with Crippen LogP contribution in [0.4, 0.5) is 0 Å². The molecular formula is C15H20N4O5. The van der Waals surface area contributed by atoms with E-state index in [0.29, 0.717) is 16.5 Å². The Morgan fingerprint density at radius 2 is 1.83 bits per heavy atom. The lowest BCUT2D eigenvalue weighted by Crippen LogP contribution is -2.41. The van der Waals surface area contributed by atoms with Crippen molar-refractivity contribution in [2.45, 2.75) is 33.9 Å². The van der Waals surface area contributed by atoms with E-state index in [-0.39, 0.29) is 31.6 Å². The molecule has 0 radical (unpaired) electrons. The second kappa shape index (κ2) is 7.37. The van der Waals surface area contributed by atoms with Gasteiger partial charge in [0.1, 0.15) is 13.5 Å². The lowest BCUT2D eigenvalue weighted by molar-refractivity contribution is -0.119. The Bertz CT molecular complexity index is 884. The van der Waals surface area contributed by atoms with E-state index in [4.69, 9.17) is 9.47 Å². The molecule has 1 amide bonds. The first kappa shape index (κ1) is 17.8. The van der Waals surface area contributed by atoms with Crippen molar-refractivity contribution in [3.05, 3.63) is 38.2 Å². The first-order chi connectivity index (χ1) is 11.4. The monoisotopic (exact) mass is 336 g/mol. The van der Waals surface area contributed by atoms with Crippen molar-refractivity contribution in [3.8, 4) is 0 Å². The molecule has 2 aromatic rings. The molecule has 2 heterocycles. The fourth-order valence-electron chi connectivity index (χ4n) is 2.43. The third-order valence-corrected chi connectivity index (χ3v) is 3.64. The number of carbonyl (C=O) groups is 1. The number of hydrogen-bond acceptors (Lipinski definition) is 6. The number of nitrogens with zero attached hydrogens (tertiary/aromatic N) is 3. The molecule has 2 rings (SSSR count). The molecule has 2 aromatic heterocycles. The molecule has 0 aliphatic heterocycles. The minimum Gasteiger partial charge on any atom is -0.364 e. The second-order valence-corrected chi connectivity index (χ2v) is 5.30. The van der Waals surface area contributed by atoms with Crippen LogP contribution >= 0.6 is 0 Å². The molecule has 0 spiro atoms. The number of methoxy groups -OCH3 is 2. The Hall–Kier alpha value is -2.52. The predicted octanol–water partition coefficient (Wildman–Crippen LogP) is -0.289. The summed E-state index contributed by atoms with van der Waals surface area (Å²) in [6.45, 7) is 3.19. The van der Waals surface area contributed by atoms with Crippen molar-refractivity contribution in [2.75, 3.05) is 14.2 Å². The van der Waals surface area contributed by atoms with Crippen molar-refractivity contribution in [1.82, 2.24) is 19.4 Å². The van der Waals surface area contributed by atoms with Crippen LogP contribution in [0, 0.1) is 6.92 Å². The standard InChI is InChI=1S/C15H20N4O5/c1-9-11(5-16-10(2)20)6-17-13-12(9)14(21)19(8-24-4)15(22)18(13)7-23-3/h6H,5,7-8H2,1-4H3,(H,16,20). The van der Waals surface area contributed by atoms with Gasteiger partial charge in [-0.3, -0.25) is 14.2 Å². The largest absolute Gasteiger partial charge is 0.364 e. The number of carbonyl (C=O) groups excluding carboxylic acids is 1. The third kappa shape index (κ3) is 3.22. The zero-order valence-corrected chi connectivity index (χ0v) is 14.1. The number of nitrogens with one attached hydrogen (secondary N) is 1. The molecule has 9 nitrogen and oxygen atoms in total. The van der Waals surface area contributed by atoms with Crippen LogP contribution in [0.2, 0.25) is 0 Å². The van der Waals surface area contributed by atoms with Crippen LogP contribution in [0.1, 0.15) is 18.1 Å². The first-order valence-electron chi connectivity index (χ1n) is 7.26. The normalized spacial score (nSPS) is 11.0. The van der Waals surface area contributed by atoms with Gasteiger partial charge in [0, 0.05) is 33.9 Å². The Morgan fingerprint density at radius 1 is 1.21 bits per heavy atom. The first-order valence-corrected chi connectivity index (χ1v) is 7.26. The number of hydrogen-bond donors (Lipinski definition) is 1. The SMILES string of the molecule is COCn1c(=O)c2c(C)c(CNC(C)=O)cnc2n(COC)c1=O. The Balaban J connectivity index is 2.79. The van der Waals surface area contributed by atoms with Crippen LogP contribution in [-0.2, 0) is 34.3 Å². The van der Waals surface area contributed by atoms with Crippen LogP contribution in [0.25, 0.3) is 11.0 Å². The van der Waals surface area contributed by atoms with Gasteiger partial charge in [-0.1, -0.05) is 0 Å². The molecule has 0 aliphatic carbocycles. The summed E-state index contributed by atoms with van der Waals surface area (Å²) >= 11 is 0. The maximum absolute atomic E-state index is 12.7. The van der Waals surface area contributed by atoms with Crippen LogP contribution in [0.5, 0.6) is 0 Å². The third-order valence-electron chi connectivity index (χ3n) is 3.64. The van der Waals surface area contributed by atoms with E-state index in [1.165, 1.54) is 25.7 Å². The maximum Gasteiger partial charge on any atom is 0.336 e. The van der Waals surface area contributed by atoms with Crippen LogP contribution in [-0.4, -0.2) is 34.2 Å². The lowest BCUT2D eigenvalue weighted by atomic mass is 10.1. The minimum absolute atomic E-state index is 0.0448. The molecule has 0 unspecified atom stereocenters. The molecule has 24 heavy (non-hydrogen) atoms. The summed E-state index contributed by atoms with van der Waals surface area (Å²) in [4.78, 5) is 40.5. The smallest absolute Gasteiger partial charge is 0.336 e. The van der Waals surface area contributed by atoms with Crippen molar-refractivity contribution >= 4 is 16.9 Å². The van der Waals surface area contributed by atoms with Crippen molar-refractivity contribution in [1.29, 1.82) is 0 Å². The molecule has 0 saturated carbocycles. The van der Waals surface area contributed by atoms with E-state index in [1.807, 2.05) is 0 Å². The lowest BCUT2D eigenvalue weighted by Gasteiger charge is -2.15. The summed E-state index contributed by atoms with van der Waals surface area (Å²) in [7, 11) is 2.84. The van der Waals surface area contributed by atoms with Crippen molar-refractivity contribution in [2.24, 2.45) is 0 Å². The highest BCUT2D eigenvalue weighted by Crippen LogP contribution is 2.15. The highest BCUT2D eigenvalue weighted by molar-refractivity contribution is 5.79. The highest BCUT2D eigenvalue weighted by atomic mass is 16.5. The quantitative estimate of drug-likeness (QED) is 0.777. The maximum atomic E-state index is 12.7. The van der Waals surface area contributed by atoms with E-state index in [1.54, 1.807) is 13.1 Å². The Morgan fingerprint density at radius 3 is 2.42 bits per heavy atom. The van der Waals surface area contributed by atoms with Crippen LogP contribution in [0.3, 0.4) is 0 Å². The number of amides is 1. The summed E-state index contributed by atoms with van der Waals surface area (Å²) < 4.78 is 12.3. The summed E-state index contributed by atoms with van der Waals surface area (Å²) in [6, 6.07) is 0. The molecule has 0 aliphatic rings. The minimum atomic E-state index is -0.558. The van der Waals surface area contributed by atoms with Gasteiger partial charge in [0.15, 0.2) is 5.65 Å². The van der Waals surface area contributed by atoms with Crippen LogP contribution < -0.4 is 16.6 Å². The Labute approximate surface area is 137 Å². The highest BCUT2D eigenvalue weighted by Gasteiger charge is 2.17. The number of aryl methyl sites for hydroxylation is 1. The van der Waals surface area contributed by atoms with Gasteiger partial charge >= 0.3 is 5.69 Å². The fourth-order valence-corrected chi connectivity index (χ4v) is 2.43. The summed E-state index contributed by atoms with van der Waals surface area (Å²) in [5.41, 5.74) is 0.537. The molecule has 0 atom stereocenters. The molecule has 130 valence electrons. The number of fused-ring (bicyclic) bond motifs is 1. The van der Waals surface area contributed by atoms with E-state index in [2.05, 4.69) is 10.3 Å². The molecule has 9 heteroatoms. The topological polar surface area (TPSA) is 104 Å². The summed E-state index contributed by atoms with van der Waals surface area (Å²) in [5, 5.41) is 2.97. The van der Waals surface area contributed by atoms with E-state index in [9.17, 15) is 14.4 Å². The van der Waals surface area contributed by atoms with Gasteiger partial charge < -0.3 is 14.8 Å². The van der Waals surface area contributed by atoms with Gasteiger partial charge in [-0.25, -0.2) is 14.3 Å². The number of rotatable bonds is 6. The fraction of sp³-hybridized carbons (Fsp3) is 0.467. The number of pyridine rings is 1. The average Bonchev–Trinajstić information content (AvgIpc) is 2.54. The van der Waals surface area contributed by atoms with E-state index < -0.39 is 11.2 Å².